The molecule has 41 heavy (non-hydrogen) atoms. The van der Waals surface area contributed by atoms with Gasteiger partial charge in [-0.25, -0.2) is 23.2 Å². The fourth-order valence-corrected chi connectivity index (χ4v) is 7.35. The Morgan fingerprint density at radius 3 is 2.49 bits per heavy atom. The van der Waals surface area contributed by atoms with Gasteiger partial charge in [-0.05, 0) is 76.1 Å². The number of nitrogens with zero attached hydrogens (tertiary/aromatic N) is 3. The summed E-state index contributed by atoms with van der Waals surface area (Å²) in [6.07, 6.45) is 0.901. The van der Waals surface area contributed by atoms with E-state index in [1.807, 2.05) is 32.0 Å². The minimum absolute atomic E-state index is 0.0622. The molecular formula is C29H35ClN6O4S. The number of halogens is 1. The zero-order chi connectivity index (χ0) is 29.2. The normalized spacial score (nSPS) is 18.0. The smallest absolute Gasteiger partial charge is 0.319 e. The fraction of sp³-hybridized carbons (Fsp3) is 0.414. The number of hydrogen-bond donors (Lipinski definition) is 3. The molecule has 1 atom stereocenters. The zero-order valence-corrected chi connectivity index (χ0v) is 25.0. The van der Waals surface area contributed by atoms with E-state index in [9.17, 15) is 13.2 Å². The summed E-state index contributed by atoms with van der Waals surface area (Å²) in [6, 6.07) is 13.6. The van der Waals surface area contributed by atoms with Crippen LogP contribution in [0.15, 0.2) is 53.4 Å². The number of aromatic nitrogens is 2. The monoisotopic (exact) mass is 598 g/mol. The van der Waals surface area contributed by atoms with Gasteiger partial charge in [0.15, 0.2) is 15.7 Å². The molecule has 1 aromatic heterocycles. The van der Waals surface area contributed by atoms with E-state index in [2.05, 4.69) is 27.8 Å². The number of carbonyl (C=O) groups excluding carboxylic acids is 1. The highest BCUT2D eigenvalue weighted by Crippen LogP contribution is 2.55. The number of sulfone groups is 1. The van der Waals surface area contributed by atoms with E-state index in [1.165, 1.54) is 6.07 Å². The number of amides is 2. The summed E-state index contributed by atoms with van der Waals surface area (Å²) in [5.74, 6) is 1.08. The van der Waals surface area contributed by atoms with Gasteiger partial charge in [-0.15, -0.1) is 0 Å². The Morgan fingerprint density at radius 2 is 1.85 bits per heavy atom. The minimum atomic E-state index is -3.82. The molecular weight excluding hydrogens is 564 g/mol. The molecule has 2 amide bonds. The third kappa shape index (κ3) is 5.84. The van der Waals surface area contributed by atoms with E-state index in [0.29, 0.717) is 85.0 Å². The molecule has 1 saturated carbocycles. The van der Waals surface area contributed by atoms with Gasteiger partial charge < -0.3 is 25.6 Å². The van der Waals surface area contributed by atoms with Crippen LogP contribution in [0.3, 0.4) is 0 Å². The molecule has 10 nitrogen and oxygen atoms in total. The highest BCUT2D eigenvalue weighted by atomic mass is 35.5. The third-order valence-electron chi connectivity index (χ3n) is 7.42. The summed E-state index contributed by atoms with van der Waals surface area (Å²) in [5, 5.41) is 8.99. The Balaban J connectivity index is 1.55. The predicted molar refractivity (Wildman–Crippen MR) is 162 cm³/mol. The quantitative estimate of drug-likeness (QED) is 0.312. The lowest BCUT2D eigenvalue weighted by molar-refractivity contribution is 0.0985. The first-order chi connectivity index (χ1) is 19.7. The highest BCUT2D eigenvalue weighted by Gasteiger charge is 2.58. The van der Waals surface area contributed by atoms with E-state index in [-0.39, 0.29) is 17.0 Å². The van der Waals surface area contributed by atoms with Crippen molar-refractivity contribution in [2.45, 2.75) is 49.3 Å². The number of nitrogens with one attached hydrogen (secondary N) is 3. The van der Waals surface area contributed by atoms with Crippen LogP contribution in [0.25, 0.3) is 11.4 Å². The Labute approximate surface area is 245 Å². The van der Waals surface area contributed by atoms with Crippen LogP contribution < -0.4 is 20.9 Å². The lowest BCUT2D eigenvalue weighted by atomic mass is 10.1. The molecule has 5 rings (SSSR count). The summed E-state index contributed by atoms with van der Waals surface area (Å²) >= 11 is 6.44. The van der Waals surface area contributed by atoms with Crippen molar-refractivity contribution < 1.29 is 17.9 Å². The third-order valence-corrected chi connectivity index (χ3v) is 10.2. The molecule has 218 valence electrons. The van der Waals surface area contributed by atoms with Gasteiger partial charge in [0, 0.05) is 37.0 Å². The van der Waals surface area contributed by atoms with Crippen LogP contribution >= 0.6 is 11.6 Å². The molecule has 0 spiro atoms. The Hall–Kier alpha value is -3.41. The fourth-order valence-electron chi connectivity index (χ4n) is 5.05. The number of carbonyl (C=O) groups is 1. The summed E-state index contributed by atoms with van der Waals surface area (Å²) < 4.78 is 32.7. The van der Waals surface area contributed by atoms with Crippen molar-refractivity contribution in [3.8, 4) is 11.4 Å². The van der Waals surface area contributed by atoms with E-state index in [1.54, 1.807) is 24.3 Å². The molecule has 2 aromatic carbocycles. The lowest BCUT2D eigenvalue weighted by Crippen LogP contribution is -2.44. The Bertz CT molecular complexity index is 1530. The highest BCUT2D eigenvalue weighted by molar-refractivity contribution is 7.92. The number of hydrogen-bond acceptors (Lipinski definition) is 8. The van der Waals surface area contributed by atoms with Gasteiger partial charge in [-0.3, -0.25) is 0 Å². The number of ether oxygens (including phenoxy) is 1. The first-order valence-electron chi connectivity index (χ1n) is 13.9. The maximum atomic E-state index is 14.1. The lowest BCUT2D eigenvalue weighted by Gasteiger charge is -2.34. The van der Waals surface area contributed by atoms with Crippen molar-refractivity contribution in [2.75, 3.05) is 48.4 Å². The molecule has 2 aliphatic rings. The minimum Gasteiger partial charge on any atom is -0.384 e. The number of benzene rings is 2. The molecule has 0 radical (unpaired) electrons. The molecule has 2 fully saturated rings. The molecule has 2 heterocycles. The number of anilines is 3. The van der Waals surface area contributed by atoms with E-state index < -0.39 is 14.6 Å². The average molecular weight is 599 g/mol. The van der Waals surface area contributed by atoms with Crippen molar-refractivity contribution >= 4 is 44.7 Å². The second-order valence-electron chi connectivity index (χ2n) is 10.3. The van der Waals surface area contributed by atoms with Crippen molar-refractivity contribution in [1.82, 2.24) is 15.3 Å². The SMILES string of the molecule is CCNC(=O)Nc1ccc(-c2nc(N3CCOC[C@@H]3C)cc(C3(S(=O)(=O)c4ccc(NCC)c(Cl)c4)CC3)n2)cc1. The summed E-state index contributed by atoms with van der Waals surface area (Å²) in [4.78, 5) is 24.0. The van der Waals surface area contributed by atoms with E-state index in [0.717, 1.165) is 0 Å². The van der Waals surface area contributed by atoms with Gasteiger partial charge >= 0.3 is 6.03 Å². The molecule has 0 unspecified atom stereocenters. The topological polar surface area (TPSA) is 126 Å². The largest absolute Gasteiger partial charge is 0.384 e. The maximum absolute atomic E-state index is 14.1. The van der Waals surface area contributed by atoms with E-state index in [4.69, 9.17) is 26.3 Å². The number of morpholine rings is 1. The first-order valence-corrected chi connectivity index (χ1v) is 15.7. The van der Waals surface area contributed by atoms with Crippen LogP contribution in [0.4, 0.5) is 22.0 Å². The van der Waals surface area contributed by atoms with Crippen LogP contribution in [-0.2, 0) is 19.3 Å². The second kappa shape index (κ2) is 11.8. The van der Waals surface area contributed by atoms with Gasteiger partial charge in [0.1, 0.15) is 10.6 Å². The summed E-state index contributed by atoms with van der Waals surface area (Å²) in [6.45, 7) is 8.78. The Kier molecular flexibility index (Phi) is 8.40. The molecule has 12 heteroatoms. The standard InChI is InChI=1S/C29H35ClN6O4S/c1-4-31-24-11-10-22(16-23(24)30)41(38,39)29(12-13-29)25-17-26(36-14-15-40-18-19(36)3)35-27(34-25)20-6-8-21(9-7-20)33-28(37)32-5-2/h6-11,16-17,19,31H,4-5,12-15,18H2,1-3H3,(H2,32,33,37)/t19-/m0/s1. The van der Waals surface area contributed by atoms with Crippen LogP contribution in [0.5, 0.6) is 0 Å². The Morgan fingerprint density at radius 1 is 1.10 bits per heavy atom. The number of rotatable bonds is 9. The van der Waals surface area contributed by atoms with Gasteiger partial charge in [0.25, 0.3) is 0 Å². The van der Waals surface area contributed by atoms with Gasteiger partial charge in [-0.1, -0.05) is 11.6 Å². The van der Waals surface area contributed by atoms with Crippen LogP contribution in [-0.4, -0.2) is 63.3 Å². The molecule has 3 N–H and O–H groups in total. The molecule has 1 saturated heterocycles. The van der Waals surface area contributed by atoms with Crippen LogP contribution in [0.2, 0.25) is 5.02 Å². The van der Waals surface area contributed by atoms with Gasteiger partial charge in [0.05, 0.1) is 40.6 Å². The second-order valence-corrected chi connectivity index (χ2v) is 13.0. The molecule has 3 aromatic rings. The average Bonchev–Trinajstić information content (AvgIpc) is 3.78. The summed E-state index contributed by atoms with van der Waals surface area (Å²) in [7, 11) is -3.82. The van der Waals surface area contributed by atoms with Crippen molar-refractivity contribution in [2.24, 2.45) is 0 Å². The maximum Gasteiger partial charge on any atom is 0.319 e. The van der Waals surface area contributed by atoms with Crippen LogP contribution in [0, 0.1) is 0 Å². The van der Waals surface area contributed by atoms with Crippen molar-refractivity contribution in [3.63, 3.8) is 0 Å². The number of urea groups is 1. The van der Waals surface area contributed by atoms with Gasteiger partial charge in [-0.2, -0.15) is 0 Å². The summed E-state index contributed by atoms with van der Waals surface area (Å²) in [5.41, 5.74) is 2.49. The molecule has 1 aliphatic carbocycles. The van der Waals surface area contributed by atoms with E-state index >= 15 is 0 Å². The molecule has 1 aliphatic heterocycles. The van der Waals surface area contributed by atoms with Gasteiger partial charge in [0.2, 0.25) is 0 Å². The van der Waals surface area contributed by atoms with Crippen molar-refractivity contribution in [3.05, 3.63) is 59.2 Å². The first kappa shape index (κ1) is 29.1. The van der Waals surface area contributed by atoms with Crippen LogP contribution in [0.1, 0.15) is 39.3 Å². The molecule has 0 bridgehead atoms. The predicted octanol–water partition coefficient (Wildman–Crippen LogP) is 5.06. The van der Waals surface area contributed by atoms with Crippen molar-refractivity contribution in [1.29, 1.82) is 0 Å². The zero-order valence-electron chi connectivity index (χ0n) is 23.4.